The summed E-state index contributed by atoms with van der Waals surface area (Å²) in [6, 6.07) is 7.48. The molecule has 2 aromatic rings. The van der Waals surface area contributed by atoms with Crippen molar-refractivity contribution < 1.29 is 4.74 Å². The fourth-order valence-electron chi connectivity index (χ4n) is 1.41. The Hall–Kier alpha value is -2.01. The van der Waals surface area contributed by atoms with Crippen LogP contribution in [-0.4, -0.2) is 16.6 Å². The molecular weight excluding hydrogens is 252 g/mol. The van der Waals surface area contributed by atoms with Gasteiger partial charge in [0, 0.05) is 5.69 Å². The molecule has 0 saturated carbocycles. The lowest BCUT2D eigenvalue weighted by atomic mass is 10.3. The summed E-state index contributed by atoms with van der Waals surface area (Å²) < 4.78 is 5.35. The zero-order valence-electron chi connectivity index (χ0n) is 9.85. The zero-order valence-corrected chi connectivity index (χ0v) is 10.6. The minimum absolute atomic E-state index is 0.151. The molecule has 0 fully saturated rings. The predicted molar refractivity (Wildman–Crippen MR) is 72.3 cm³/mol. The van der Waals surface area contributed by atoms with E-state index in [9.17, 15) is 0 Å². The summed E-state index contributed by atoms with van der Waals surface area (Å²) in [6.07, 6.45) is 1.46. The van der Waals surface area contributed by atoms with Crippen molar-refractivity contribution in [2.75, 3.05) is 17.7 Å². The highest BCUT2D eigenvalue weighted by atomic mass is 35.5. The molecule has 0 aliphatic rings. The molecule has 3 N–H and O–H groups in total. The van der Waals surface area contributed by atoms with Crippen molar-refractivity contribution in [3.05, 3.63) is 35.7 Å². The van der Waals surface area contributed by atoms with E-state index in [1.807, 2.05) is 31.2 Å². The molecule has 0 radical (unpaired) electrons. The Morgan fingerprint density at radius 3 is 2.72 bits per heavy atom. The number of halogens is 1. The zero-order chi connectivity index (χ0) is 13.0. The number of aromatic nitrogens is 2. The fourth-order valence-corrected chi connectivity index (χ4v) is 1.54. The third-order valence-electron chi connectivity index (χ3n) is 2.22. The van der Waals surface area contributed by atoms with E-state index in [1.165, 1.54) is 6.20 Å². The predicted octanol–water partition coefficient (Wildman–Crippen LogP) is 2.85. The first-order valence-electron chi connectivity index (χ1n) is 5.47. The average molecular weight is 265 g/mol. The molecule has 0 aliphatic heterocycles. The first kappa shape index (κ1) is 12.4. The summed E-state index contributed by atoms with van der Waals surface area (Å²) in [7, 11) is 0. The number of ether oxygens (including phenoxy) is 1. The quantitative estimate of drug-likeness (QED) is 0.831. The number of nitrogens with one attached hydrogen (secondary N) is 1. The summed E-state index contributed by atoms with van der Waals surface area (Å²) in [6.45, 7) is 2.58. The van der Waals surface area contributed by atoms with Crippen LogP contribution in [0.1, 0.15) is 6.92 Å². The lowest BCUT2D eigenvalue weighted by Gasteiger charge is -2.09. The topological polar surface area (TPSA) is 73.1 Å². The van der Waals surface area contributed by atoms with Gasteiger partial charge in [0.15, 0.2) is 5.82 Å². The Morgan fingerprint density at radius 1 is 1.33 bits per heavy atom. The van der Waals surface area contributed by atoms with Crippen molar-refractivity contribution in [2.24, 2.45) is 0 Å². The second-order valence-electron chi connectivity index (χ2n) is 3.53. The standard InChI is InChI=1S/C12H13ClN4O/c1-2-18-9-5-3-8(4-6-9)16-11-10(14)7-15-12(13)17-11/h3-7H,2,14H2,1H3,(H,15,16,17). The van der Waals surface area contributed by atoms with Gasteiger partial charge in [-0.15, -0.1) is 0 Å². The van der Waals surface area contributed by atoms with E-state index >= 15 is 0 Å². The van der Waals surface area contributed by atoms with Gasteiger partial charge in [0.2, 0.25) is 5.28 Å². The summed E-state index contributed by atoms with van der Waals surface area (Å²) in [5, 5.41) is 3.22. The van der Waals surface area contributed by atoms with Crippen LogP contribution in [0.5, 0.6) is 5.75 Å². The number of hydrogen-bond acceptors (Lipinski definition) is 5. The van der Waals surface area contributed by atoms with Gasteiger partial charge in [0.1, 0.15) is 5.75 Å². The number of anilines is 3. The molecule has 0 saturated heterocycles. The maximum Gasteiger partial charge on any atom is 0.224 e. The summed E-state index contributed by atoms with van der Waals surface area (Å²) in [5.41, 5.74) is 7.03. The highest BCUT2D eigenvalue weighted by Crippen LogP contribution is 2.23. The molecule has 6 heteroatoms. The van der Waals surface area contributed by atoms with Crippen LogP contribution >= 0.6 is 11.6 Å². The molecule has 0 spiro atoms. The highest BCUT2D eigenvalue weighted by molar-refractivity contribution is 6.28. The van der Waals surface area contributed by atoms with Gasteiger partial charge in [-0.3, -0.25) is 0 Å². The number of nitrogens with zero attached hydrogens (tertiary/aromatic N) is 2. The summed E-state index contributed by atoms with van der Waals surface area (Å²) >= 11 is 5.71. The number of rotatable bonds is 4. The largest absolute Gasteiger partial charge is 0.494 e. The molecule has 1 aromatic heterocycles. The molecule has 0 unspecified atom stereocenters. The van der Waals surface area contributed by atoms with Crippen LogP contribution < -0.4 is 15.8 Å². The lowest BCUT2D eigenvalue weighted by molar-refractivity contribution is 0.340. The monoisotopic (exact) mass is 264 g/mol. The van der Waals surface area contributed by atoms with Crippen molar-refractivity contribution in [3.8, 4) is 5.75 Å². The fraction of sp³-hybridized carbons (Fsp3) is 0.167. The number of benzene rings is 1. The Bertz CT molecular complexity index is 530. The Labute approximate surface area is 110 Å². The van der Waals surface area contributed by atoms with Crippen LogP contribution in [0.15, 0.2) is 30.5 Å². The molecule has 1 heterocycles. The molecule has 18 heavy (non-hydrogen) atoms. The van der Waals surface area contributed by atoms with E-state index in [0.29, 0.717) is 18.1 Å². The van der Waals surface area contributed by atoms with Crippen molar-refractivity contribution in [1.29, 1.82) is 0 Å². The first-order chi connectivity index (χ1) is 8.69. The highest BCUT2D eigenvalue weighted by Gasteiger charge is 2.03. The lowest BCUT2D eigenvalue weighted by Crippen LogP contribution is -2.00. The Balaban J connectivity index is 2.15. The van der Waals surface area contributed by atoms with Crippen LogP contribution in [0, 0.1) is 0 Å². The third kappa shape index (κ3) is 3.01. The maximum atomic E-state index is 5.74. The van der Waals surface area contributed by atoms with Crippen LogP contribution in [0.4, 0.5) is 17.2 Å². The summed E-state index contributed by atoms with van der Waals surface area (Å²) in [5.74, 6) is 1.30. The first-order valence-corrected chi connectivity index (χ1v) is 5.84. The normalized spacial score (nSPS) is 10.1. The SMILES string of the molecule is CCOc1ccc(Nc2nc(Cl)ncc2N)cc1. The van der Waals surface area contributed by atoms with E-state index in [2.05, 4.69) is 15.3 Å². The van der Waals surface area contributed by atoms with E-state index in [1.54, 1.807) is 0 Å². The van der Waals surface area contributed by atoms with Crippen LogP contribution in [-0.2, 0) is 0 Å². The Morgan fingerprint density at radius 2 is 2.06 bits per heavy atom. The van der Waals surface area contributed by atoms with E-state index < -0.39 is 0 Å². The molecule has 0 amide bonds. The van der Waals surface area contributed by atoms with E-state index in [-0.39, 0.29) is 5.28 Å². The van der Waals surface area contributed by atoms with Crippen LogP contribution in [0.25, 0.3) is 0 Å². The second-order valence-corrected chi connectivity index (χ2v) is 3.86. The van der Waals surface area contributed by atoms with Crippen molar-refractivity contribution >= 4 is 28.8 Å². The molecule has 0 atom stereocenters. The average Bonchev–Trinajstić information content (AvgIpc) is 2.37. The second kappa shape index (κ2) is 5.55. The van der Waals surface area contributed by atoms with E-state index in [4.69, 9.17) is 22.1 Å². The van der Waals surface area contributed by atoms with Gasteiger partial charge in [0.05, 0.1) is 18.5 Å². The van der Waals surface area contributed by atoms with Crippen molar-refractivity contribution in [1.82, 2.24) is 9.97 Å². The third-order valence-corrected chi connectivity index (χ3v) is 2.40. The van der Waals surface area contributed by atoms with E-state index in [0.717, 1.165) is 11.4 Å². The number of hydrogen-bond donors (Lipinski definition) is 2. The van der Waals surface area contributed by atoms with Crippen LogP contribution in [0.3, 0.4) is 0 Å². The molecule has 94 valence electrons. The minimum atomic E-state index is 0.151. The molecular formula is C12H13ClN4O. The van der Waals surface area contributed by atoms with Gasteiger partial charge < -0.3 is 15.8 Å². The van der Waals surface area contributed by atoms with Crippen molar-refractivity contribution in [2.45, 2.75) is 6.92 Å². The minimum Gasteiger partial charge on any atom is -0.494 e. The summed E-state index contributed by atoms with van der Waals surface area (Å²) in [4.78, 5) is 7.80. The molecule has 2 rings (SSSR count). The van der Waals surface area contributed by atoms with Crippen molar-refractivity contribution in [3.63, 3.8) is 0 Å². The smallest absolute Gasteiger partial charge is 0.224 e. The van der Waals surface area contributed by atoms with Gasteiger partial charge in [-0.1, -0.05) is 0 Å². The number of nitrogen functional groups attached to an aromatic ring is 1. The maximum absolute atomic E-state index is 5.74. The van der Waals surface area contributed by atoms with Gasteiger partial charge in [0.25, 0.3) is 0 Å². The van der Waals surface area contributed by atoms with Gasteiger partial charge in [-0.25, -0.2) is 4.98 Å². The van der Waals surface area contributed by atoms with Gasteiger partial charge in [-0.2, -0.15) is 4.98 Å². The van der Waals surface area contributed by atoms with Crippen LogP contribution in [0.2, 0.25) is 5.28 Å². The van der Waals surface area contributed by atoms with Gasteiger partial charge >= 0.3 is 0 Å². The molecule has 0 aliphatic carbocycles. The molecule has 1 aromatic carbocycles. The molecule has 5 nitrogen and oxygen atoms in total. The number of nitrogens with two attached hydrogens (primary N) is 1. The molecule has 0 bridgehead atoms. The van der Waals surface area contributed by atoms with Gasteiger partial charge in [-0.05, 0) is 42.8 Å². The Kier molecular flexibility index (Phi) is 3.84.